The first-order valence-corrected chi connectivity index (χ1v) is 4.83. The largest absolute Gasteiger partial charge is 0.493 e. The van der Waals surface area contributed by atoms with Crippen molar-refractivity contribution in [3.63, 3.8) is 0 Å². The molecule has 1 aromatic carbocycles. The van der Waals surface area contributed by atoms with Crippen molar-refractivity contribution in [3.8, 4) is 11.5 Å². The Labute approximate surface area is 95.1 Å². The van der Waals surface area contributed by atoms with Crippen LogP contribution in [0.25, 0.3) is 0 Å². The SMILES string of the molecule is C=C[C@H](O)c1ccc(OCOC)c(OC)c1. The topological polar surface area (TPSA) is 47.9 Å². The first kappa shape index (κ1) is 12.5. The third-order valence-electron chi connectivity index (χ3n) is 2.08. The highest BCUT2D eigenvalue weighted by molar-refractivity contribution is 5.44. The fourth-order valence-electron chi connectivity index (χ4n) is 1.25. The van der Waals surface area contributed by atoms with Gasteiger partial charge in [-0.15, -0.1) is 6.58 Å². The third kappa shape index (κ3) is 2.98. The third-order valence-corrected chi connectivity index (χ3v) is 2.08. The molecule has 0 bridgehead atoms. The second kappa shape index (κ2) is 6.15. The van der Waals surface area contributed by atoms with E-state index >= 15 is 0 Å². The molecular weight excluding hydrogens is 208 g/mol. The Morgan fingerprint density at radius 2 is 2.12 bits per heavy atom. The Morgan fingerprint density at radius 1 is 1.38 bits per heavy atom. The summed E-state index contributed by atoms with van der Waals surface area (Å²) in [6, 6.07) is 5.18. The van der Waals surface area contributed by atoms with Crippen molar-refractivity contribution in [2.24, 2.45) is 0 Å². The molecule has 0 aliphatic carbocycles. The van der Waals surface area contributed by atoms with E-state index in [0.29, 0.717) is 17.1 Å². The molecule has 0 aromatic heterocycles. The van der Waals surface area contributed by atoms with Gasteiger partial charge in [0, 0.05) is 7.11 Å². The molecule has 0 saturated heterocycles. The van der Waals surface area contributed by atoms with Gasteiger partial charge >= 0.3 is 0 Å². The van der Waals surface area contributed by atoms with Crippen molar-refractivity contribution in [3.05, 3.63) is 36.4 Å². The van der Waals surface area contributed by atoms with Crippen LogP contribution in [0.15, 0.2) is 30.9 Å². The fourth-order valence-corrected chi connectivity index (χ4v) is 1.25. The highest BCUT2D eigenvalue weighted by Gasteiger charge is 2.09. The van der Waals surface area contributed by atoms with Crippen LogP contribution in [0.2, 0.25) is 0 Å². The molecule has 1 N–H and O–H groups in total. The molecule has 4 heteroatoms. The second-order valence-electron chi connectivity index (χ2n) is 3.14. The van der Waals surface area contributed by atoms with E-state index in [1.165, 1.54) is 6.08 Å². The van der Waals surface area contributed by atoms with Gasteiger partial charge in [0.05, 0.1) is 13.2 Å². The van der Waals surface area contributed by atoms with Gasteiger partial charge in [-0.05, 0) is 17.7 Å². The van der Waals surface area contributed by atoms with E-state index in [2.05, 4.69) is 6.58 Å². The Kier molecular flexibility index (Phi) is 4.82. The fraction of sp³-hybridized carbons (Fsp3) is 0.333. The minimum absolute atomic E-state index is 0.152. The van der Waals surface area contributed by atoms with Gasteiger partial charge in [0.2, 0.25) is 0 Å². The van der Waals surface area contributed by atoms with Gasteiger partial charge in [-0.1, -0.05) is 12.1 Å². The van der Waals surface area contributed by atoms with Crippen LogP contribution in [0.3, 0.4) is 0 Å². The number of hydrogen-bond acceptors (Lipinski definition) is 4. The Bertz CT molecular complexity index is 349. The minimum Gasteiger partial charge on any atom is -0.493 e. The first-order valence-electron chi connectivity index (χ1n) is 4.83. The van der Waals surface area contributed by atoms with Gasteiger partial charge in [0.15, 0.2) is 18.3 Å². The van der Waals surface area contributed by atoms with Gasteiger partial charge in [0.1, 0.15) is 0 Å². The molecule has 1 rings (SSSR count). The molecule has 0 amide bonds. The van der Waals surface area contributed by atoms with Crippen molar-refractivity contribution in [1.29, 1.82) is 0 Å². The van der Waals surface area contributed by atoms with E-state index in [0.717, 1.165) is 0 Å². The Balaban J connectivity index is 2.92. The normalized spacial score (nSPS) is 11.9. The van der Waals surface area contributed by atoms with Crippen LogP contribution < -0.4 is 9.47 Å². The van der Waals surface area contributed by atoms with Crippen molar-refractivity contribution in [1.82, 2.24) is 0 Å². The van der Waals surface area contributed by atoms with Crippen LogP contribution in [-0.4, -0.2) is 26.1 Å². The molecule has 88 valence electrons. The molecule has 0 spiro atoms. The summed E-state index contributed by atoms with van der Waals surface area (Å²) in [5, 5.41) is 9.58. The summed E-state index contributed by atoms with van der Waals surface area (Å²) in [7, 11) is 3.08. The van der Waals surface area contributed by atoms with E-state index in [1.54, 1.807) is 32.4 Å². The average molecular weight is 224 g/mol. The zero-order valence-electron chi connectivity index (χ0n) is 9.47. The van der Waals surface area contributed by atoms with Crippen molar-refractivity contribution < 1.29 is 19.3 Å². The summed E-state index contributed by atoms with van der Waals surface area (Å²) in [5.74, 6) is 1.12. The lowest BCUT2D eigenvalue weighted by Gasteiger charge is -2.12. The van der Waals surface area contributed by atoms with E-state index in [4.69, 9.17) is 14.2 Å². The van der Waals surface area contributed by atoms with Gasteiger partial charge < -0.3 is 19.3 Å². The molecule has 0 aliphatic rings. The number of hydrogen-bond donors (Lipinski definition) is 1. The highest BCUT2D eigenvalue weighted by atomic mass is 16.7. The molecule has 0 heterocycles. The molecule has 4 nitrogen and oxygen atoms in total. The average Bonchev–Trinajstić information content (AvgIpc) is 2.35. The van der Waals surface area contributed by atoms with Crippen molar-refractivity contribution in [2.75, 3.05) is 21.0 Å². The van der Waals surface area contributed by atoms with Crippen LogP contribution in [0.4, 0.5) is 0 Å². The predicted molar refractivity (Wildman–Crippen MR) is 60.7 cm³/mol. The lowest BCUT2D eigenvalue weighted by molar-refractivity contribution is 0.0491. The molecule has 0 saturated carbocycles. The summed E-state index contributed by atoms with van der Waals surface area (Å²) >= 11 is 0. The standard InChI is InChI=1S/C12H16O4/c1-4-10(13)9-5-6-11(16-8-14-2)12(7-9)15-3/h4-7,10,13H,1,8H2,2-3H3/t10-/m0/s1. The molecule has 16 heavy (non-hydrogen) atoms. The number of ether oxygens (including phenoxy) is 3. The van der Waals surface area contributed by atoms with Crippen LogP contribution in [0.1, 0.15) is 11.7 Å². The van der Waals surface area contributed by atoms with E-state index in [1.807, 2.05) is 0 Å². The zero-order valence-corrected chi connectivity index (χ0v) is 9.47. The monoisotopic (exact) mass is 224 g/mol. The van der Waals surface area contributed by atoms with Crippen LogP contribution in [0.5, 0.6) is 11.5 Å². The molecule has 0 aliphatic heterocycles. The lowest BCUT2D eigenvalue weighted by atomic mass is 10.1. The van der Waals surface area contributed by atoms with Crippen LogP contribution in [0, 0.1) is 0 Å². The second-order valence-corrected chi connectivity index (χ2v) is 3.14. The molecular formula is C12H16O4. The van der Waals surface area contributed by atoms with Gasteiger partial charge in [-0.2, -0.15) is 0 Å². The number of methoxy groups -OCH3 is 2. The smallest absolute Gasteiger partial charge is 0.188 e. The van der Waals surface area contributed by atoms with Crippen LogP contribution >= 0.6 is 0 Å². The lowest BCUT2D eigenvalue weighted by Crippen LogP contribution is -2.02. The highest BCUT2D eigenvalue weighted by Crippen LogP contribution is 2.30. The van der Waals surface area contributed by atoms with Crippen molar-refractivity contribution >= 4 is 0 Å². The van der Waals surface area contributed by atoms with E-state index in [-0.39, 0.29) is 6.79 Å². The van der Waals surface area contributed by atoms with E-state index in [9.17, 15) is 5.11 Å². The van der Waals surface area contributed by atoms with E-state index < -0.39 is 6.10 Å². The molecule has 0 radical (unpaired) electrons. The number of aliphatic hydroxyl groups excluding tert-OH is 1. The quantitative estimate of drug-likeness (QED) is 0.592. The Morgan fingerprint density at radius 3 is 2.69 bits per heavy atom. The summed E-state index contributed by atoms with van der Waals surface area (Å²) in [5.41, 5.74) is 0.705. The molecule has 1 atom stereocenters. The maximum atomic E-state index is 9.58. The van der Waals surface area contributed by atoms with Crippen molar-refractivity contribution in [2.45, 2.75) is 6.10 Å². The molecule has 0 unspecified atom stereocenters. The number of benzene rings is 1. The van der Waals surface area contributed by atoms with Gasteiger partial charge in [-0.25, -0.2) is 0 Å². The van der Waals surface area contributed by atoms with Crippen LogP contribution in [-0.2, 0) is 4.74 Å². The molecule has 0 fully saturated rings. The summed E-state index contributed by atoms with van der Waals surface area (Å²) in [6.07, 6.45) is 0.746. The number of rotatable bonds is 6. The maximum Gasteiger partial charge on any atom is 0.188 e. The predicted octanol–water partition coefficient (Wildman–Crippen LogP) is 1.90. The molecule has 1 aromatic rings. The van der Waals surface area contributed by atoms with Gasteiger partial charge in [-0.3, -0.25) is 0 Å². The maximum absolute atomic E-state index is 9.58. The summed E-state index contributed by atoms with van der Waals surface area (Å²) in [6.45, 7) is 3.67. The van der Waals surface area contributed by atoms with Gasteiger partial charge in [0.25, 0.3) is 0 Å². The minimum atomic E-state index is -0.703. The Hall–Kier alpha value is -1.52. The zero-order chi connectivity index (χ0) is 12.0. The summed E-state index contributed by atoms with van der Waals surface area (Å²) < 4.78 is 15.2. The summed E-state index contributed by atoms with van der Waals surface area (Å²) in [4.78, 5) is 0. The first-order chi connectivity index (χ1) is 7.72. The number of aliphatic hydroxyl groups is 1.